The number of thiophene rings is 1. The highest BCUT2D eigenvalue weighted by Crippen LogP contribution is 2.35. The number of fused-ring (bicyclic) bond motifs is 1. The molecule has 1 amide bonds. The Morgan fingerprint density at radius 1 is 1.10 bits per heavy atom. The number of carbonyl (C=O) groups excluding carboxylic acids is 1. The molecule has 0 fully saturated rings. The van der Waals surface area contributed by atoms with Gasteiger partial charge in [-0.2, -0.15) is 0 Å². The molecule has 7 heteroatoms. The van der Waals surface area contributed by atoms with E-state index < -0.39 is 0 Å². The summed E-state index contributed by atoms with van der Waals surface area (Å²) in [4.78, 5) is 13.0. The van der Waals surface area contributed by atoms with Gasteiger partial charge < -0.3 is 10.1 Å². The maximum absolute atomic E-state index is 12.6. The molecule has 1 aromatic heterocycles. The third-order valence-corrected chi connectivity index (χ3v) is 6.23. The van der Waals surface area contributed by atoms with E-state index in [4.69, 9.17) is 28.6 Å². The van der Waals surface area contributed by atoms with Crippen LogP contribution in [0.25, 0.3) is 10.1 Å². The van der Waals surface area contributed by atoms with Crippen LogP contribution >= 0.6 is 35.2 Å². The number of halogens is 1. The second-order valence-electron chi connectivity index (χ2n) is 6.58. The van der Waals surface area contributed by atoms with Crippen LogP contribution in [0.5, 0.6) is 5.75 Å². The number of nitrogens with one attached hydrogen (secondary N) is 2. The summed E-state index contributed by atoms with van der Waals surface area (Å²) in [5.41, 5.74) is 0.774. The Kier molecular flexibility index (Phi) is 7.86. The Labute approximate surface area is 185 Å². The average Bonchev–Trinajstić information content (AvgIpc) is 3.06. The molecule has 1 heterocycles. The lowest BCUT2D eigenvalue weighted by Gasteiger charge is -2.10. The number of unbranched alkanes of at least 4 members (excludes halogenated alkanes) is 3. The predicted molar refractivity (Wildman–Crippen MR) is 127 cm³/mol. The number of benzene rings is 2. The number of ether oxygens (including phenoxy) is 1. The zero-order valence-electron chi connectivity index (χ0n) is 16.2. The molecule has 0 unspecified atom stereocenters. The van der Waals surface area contributed by atoms with Crippen molar-refractivity contribution >= 4 is 61.9 Å². The van der Waals surface area contributed by atoms with Crippen LogP contribution in [-0.4, -0.2) is 17.6 Å². The second-order valence-corrected chi connectivity index (χ2v) is 8.42. The Hall–Kier alpha value is -2.15. The summed E-state index contributed by atoms with van der Waals surface area (Å²) in [6.07, 6.45) is 4.70. The Balaban J connectivity index is 1.52. The summed E-state index contributed by atoms with van der Waals surface area (Å²) < 4.78 is 6.70. The molecule has 0 saturated carbocycles. The minimum absolute atomic E-state index is 0.219. The van der Waals surface area contributed by atoms with Gasteiger partial charge >= 0.3 is 0 Å². The van der Waals surface area contributed by atoms with Crippen molar-refractivity contribution in [1.82, 2.24) is 5.32 Å². The monoisotopic (exact) mass is 446 g/mol. The second kappa shape index (κ2) is 10.6. The smallest absolute Gasteiger partial charge is 0.269 e. The van der Waals surface area contributed by atoms with E-state index in [1.807, 2.05) is 48.5 Å². The predicted octanol–water partition coefficient (Wildman–Crippen LogP) is 6.64. The zero-order valence-corrected chi connectivity index (χ0v) is 18.6. The van der Waals surface area contributed by atoms with E-state index in [0.717, 1.165) is 34.6 Å². The lowest BCUT2D eigenvalue weighted by Crippen LogP contribution is -2.33. The van der Waals surface area contributed by atoms with Crippen molar-refractivity contribution in [2.45, 2.75) is 32.6 Å². The average molecular weight is 447 g/mol. The van der Waals surface area contributed by atoms with Crippen LogP contribution in [0.4, 0.5) is 5.69 Å². The summed E-state index contributed by atoms with van der Waals surface area (Å²) in [5, 5.41) is 7.24. The van der Waals surface area contributed by atoms with E-state index in [1.54, 1.807) is 0 Å². The first-order chi connectivity index (χ1) is 14.1. The van der Waals surface area contributed by atoms with Crippen molar-refractivity contribution in [3.8, 4) is 5.75 Å². The molecule has 0 aliphatic heterocycles. The van der Waals surface area contributed by atoms with Gasteiger partial charge in [0.1, 0.15) is 10.6 Å². The third-order valence-electron chi connectivity index (χ3n) is 4.35. The summed E-state index contributed by atoms with van der Waals surface area (Å²) in [5.74, 6) is 0.500. The molecule has 29 heavy (non-hydrogen) atoms. The van der Waals surface area contributed by atoms with E-state index >= 15 is 0 Å². The van der Waals surface area contributed by atoms with Gasteiger partial charge in [0.05, 0.1) is 11.6 Å². The van der Waals surface area contributed by atoms with Crippen molar-refractivity contribution in [2.24, 2.45) is 0 Å². The van der Waals surface area contributed by atoms with Gasteiger partial charge in [-0.15, -0.1) is 11.3 Å². The Bertz CT molecular complexity index is 986. The van der Waals surface area contributed by atoms with Crippen LogP contribution < -0.4 is 15.4 Å². The van der Waals surface area contributed by atoms with Gasteiger partial charge in [-0.1, -0.05) is 56.0 Å². The number of thiocarbonyl (C=S) groups is 1. The van der Waals surface area contributed by atoms with Crippen LogP contribution in [0.1, 0.15) is 42.3 Å². The van der Waals surface area contributed by atoms with Gasteiger partial charge in [0, 0.05) is 15.8 Å². The highest BCUT2D eigenvalue weighted by molar-refractivity contribution is 7.80. The van der Waals surface area contributed by atoms with Crippen LogP contribution in [-0.2, 0) is 0 Å². The number of rotatable bonds is 8. The van der Waals surface area contributed by atoms with E-state index in [-0.39, 0.29) is 11.0 Å². The lowest BCUT2D eigenvalue weighted by atomic mass is 10.2. The lowest BCUT2D eigenvalue weighted by molar-refractivity contribution is 0.0982. The SMILES string of the molecule is CCCCCCOc1ccc(NC(=S)NC(=O)c2sc3ccccc3c2Cl)cc1. The maximum Gasteiger partial charge on any atom is 0.269 e. The van der Waals surface area contributed by atoms with Gasteiger partial charge in [0.15, 0.2) is 5.11 Å². The molecule has 152 valence electrons. The van der Waals surface area contributed by atoms with Crippen LogP contribution in [0.2, 0.25) is 5.02 Å². The van der Waals surface area contributed by atoms with Crippen molar-refractivity contribution in [1.29, 1.82) is 0 Å². The van der Waals surface area contributed by atoms with E-state index in [9.17, 15) is 4.79 Å². The highest BCUT2D eigenvalue weighted by Gasteiger charge is 2.17. The summed E-state index contributed by atoms with van der Waals surface area (Å²) in [7, 11) is 0. The fraction of sp³-hybridized carbons (Fsp3) is 0.273. The van der Waals surface area contributed by atoms with Crippen LogP contribution in [0.3, 0.4) is 0 Å². The minimum Gasteiger partial charge on any atom is -0.494 e. The molecule has 0 saturated heterocycles. The fourth-order valence-corrected chi connectivity index (χ4v) is 4.46. The number of hydrogen-bond donors (Lipinski definition) is 2. The fourth-order valence-electron chi connectivity index (χ4n) is 2.84. The number of anilines is 1. The topological polar surface area (TPSA) is 50.4 Å². The number of carbonyl (C=O) groups is 1. The first kappa shape index (κ1) is 21.6. The molecule has 3 aromatic rings. The number of hydrogen-bond acceptors (Lipinski definition) is 4. The standard InChI is InChI=1S/C22H23ClN2O2S2/c1-2-3-4-7-14-27-16-12-10-15(11-13-16)24-22(28)25-21(26)20-19(23)17-8-5-6-9-18(17)29-20/h5-6,8-13H,2-4,7,14H2,1H3,(H2,24,25,26,28). The molecule has 2 N–H and O–H groups in total. The molecule has 0 radical (unpaired) electrons. The van der Waals surface area contributed by atoms with Crippen LogP contribution in [0.15, 0.2) is 48.5 Å². The van der Waals surface area contributed by atoms with E-state index in [2.05, 4.69) is 17.6 Å². The quantitative estimate of drug-likeness (QED) is 0.300. The van der Waals surface area contributed by atoms with Crippen molar-refractivity contribution < 1.29 is 9.53 Å². The van der Waals surface area contributed by atoms with Crippen molar-refractivity contribution in [3.63, 3.8) is 0 Å². The Morgan fingerprint density at radius 2 is 1.86 bits per heavy atom. The van der Waals surface area contributed by atoms with E-state index in [1.165, 1.54) is 30.6 Å². The minimum atomic E-state index is -0.319. The van der Waals surface area contributed by atoms with Gasteiger partial charge in [-0.3, -0.25) is 10.1 Å². The Morgan fingerprint density at radius 3 is 2.59 bits per heavy atom. The zero-order chi connectivity index (χ0) is 20.6. The van der Waals surface area contributed by atoms with Gasteiger partial charge in [-0.25, -0.2) is 0 Å². The first-order valence-electron chi connectivity index (χ1n) is 9.60. The van der Waals surface area contributed by atoms with Gasteiger partial charge in [-0.05, 0) is 49.0 Å². The molecule has 0 spiro atoms. The molecular weight excluding hydrogens is 424 g/mol. The van der Waals surface area contributed by atoms with Gasteiger partial charge in [0.2, 0.25) is 0 Å². The highest BCUT2D eigenvalue weighted by atomic mass is 35.5. The first-order valence-corrected chi connectivity index (χ1v) is 11.2. The molecule has 0 aliphatic rings. The molecular formula is C22H23ClN2O2S2. The molecule has 4 nitrogen and oxygen atoms in total. The molecule has 3 rings (SSSR count). The van der Waals surface area contributed by atoms with Crippen molar-refractivity contribution in [3.05, 3.63) is 58.4 Å². The van der Waals surface area contributed by atoms with Gasteiger partial charge in [0.25, 0.3) is 5.91 Å². The number of amides is 1. The molecule has 2 aromatic carbocycles. The molecule has 0 atom stereocenters. The van der Waals surface area contributed by atoms with Crippen molar-refractivity contribution in [2.75, 3.05) is 11.9 Å². The maximum atomic E-state index is 12.6. The normalized spacial score (nSPS) is 10.7. The summed E-state index contributed by atoms with van der Waals surface area (Å²) in [6.45, 7) is 2.91. The van der Waals surface area contributed by atoms with E-state index in [0.29, 0.717) is 9.90 Å². The third kappa shape index (κ3) is 5.92. The largest absolute Gasteiger partial charge is 0.494 e. The summed E-state index contributed by atoms with van der Waals surface area (Å²) >= 11 is 13.0. The van der Waals surface area contributed by atoms with Crippen LogP contribution in [0, 0.1) is 0 Å². The summed E-state index contributed by atoms with van der Waals surface area (Å²) in [6, 6.07) is 15.2. The molecule has 0 bridgehead atoms. The molecule has 0 aliphatic carbocycles.